The summed E-state index contributed by atoms with van der Waals surface area (Å²) in [5.74, 6) is 0. The third-order valence-corrected chi connectivity index (χ3v) is 1.67. The first kappa shape index (κ1) is 12.6. The van der Waals surface area contributed by atoms with E-state index in [2.05, 4.69) is 0 Å². The summed E-state index contributed by atoms with van der Waals surface area (Å²) in [6.07, 6.45) is 0. The van der Waals surface area contributed by atoms with Crippen LogP contribution in [0.1, 0.15) is 27.7 Å². The number of halogens is 1. The van der Waals surface area contributed by atoms with Crippen LogP contribution >= 0.6 is 20.1 Å². The van der Waals surface area contributed by atoms with Gasteiger partial charge in [-0.15, -0.1) is 11.6 Å². The smallest absolute Gasteiger partial charge is 0.268 e. The lowest BCUT2D eigenvalue weighted by molar-refractivity contribution is -0.125. The summed E-state index contributed by atoms with van der Waals surface area (Å²) in [4.78, 5) is 8.19. The highest BCUT2D eigenvalue weighted by molar-refractivity contribution is 7.43. The molecule has 0 spiro atoms. The van der Waals surface area contributed by atoms with E-state index in [1.165, 1.54) is 5.06 Å². The number of rotatable bonds is 4. The lowest BCUT2D eigenvalue weighted by Gasteiger charge is -2.35. The van der Waals surface area contributed by atoms with Crippen LogP contribution in [0.2, 0.25) is 0 Å². The molecule has 0 aliphatic rings. The molecule has 0 aromatic carbocycles. The van der Waals surface area contributed by atoms with Crippen LogP contribution in [0.25, 0.3) is 0 Å². The Morgan fingerprint density at radius 1 is 1.58 bits per heavy atom. The van der Waals surface area contributed by atoms with Crippen molar-refractivity contribution in [1.29, 1.82) is 0 Å². The third-order valence-electron chi connectivity index (χ3n) is 1.16. The van der Waals surface area contributed by atoms with Crippen LogP contribution in [0.5, 0.6) is 0 Å². The second-order valence-corrected chi connectivity index (χ2v) is 4.91. The minimum absolute atomic E-state index is 0.0678. The van der Waals surface area contributed by atoms with Gasteiger partial charge in [0.25, 0.3) is 8.53 Å². The molecule has 0 bridgehead atoms. The van der Waals surface area contributed by atoms with Crippen LogP contribution in [0.15, 0.2) is 0 Å². The fraction of sp³-hybridized carbons (Fsp3) is 1.00. The second-order valence-electron chi connectivity index (χ2n) is 3.21. The first-order chi connectivity index (χ1) is 5.25. The van der Waals surface area contributed by atoms with Crippen molar-refractivity contribution in [3.8, 4) is 0 Å². The topological polar surface area (TPSA) is 58.7 Å². The molecule has 0 saturated heterocycles. The molecule has 0 aromatic rings. The lowest BCUT2D eigenvalue weighted by atomic mass is 10.3. The van der Waals surface area contributed by atoms with Crippen LogP contribution in [0.4, 0.5) is 0 Å². The molecule has 0 fully saturated rings. The first-order valence-electron chi connectivity index (χ1n) is 3.65. The van der Waals surface area contributed by atoms with Gasteiger partial charge in [-0.25, -0.2) is 4.62 Å². The number of nitrogens with zero attached hydrogens (tertiary/aromatic N) is 1. The number of alkyl halides is 1. The normalized spacial score (nSPS) is 15.8. The molecule has 6 heteroatoms. The highest BCUT2D eigenvalue weighted by atomic mass is 35.5. The summed E-state index contributed by atoms with van der Waals surface area (Å²) in [5, 5.41) is 1.47. The summed E-state index contributed by atoms with van der Waals surface area (Å²) in [6, 6.07) is 0.0678. The Bertz CT molecular complexity index is 138. The second kappa shape index (κ2) is 4.70. The molecular weight excluding hydrogens is 199 g/mol. The van der Waals surface area contributed by atoms with Gasteiger partial charge in [0.1, 0.15) is 5.00 Å². The summed E-state index contributed by atoms with van der Waals surface area (Å²) < 4.78 is 4.98. The van der Waals surface area contributed by atoms with Crippen LogP contribution in [0, 0.1) is 0 Å². The molecule has 0 aliphatic heterocycles. The number of hydrogen-bond acceptors (Lipinski definition) is 4. The number of hydroxylamine groups is 2. The van der Waals surface area contributed by atoms with Crippen molar-refractivity contribution in [2.45, 2.75) is 38.7 Å². The Balaban J connectivity index is 4.25. The fourth-order valence-corrected chi connectivity index (χ4v) is 1.75. The minimum Gasteiger partial charge on any atom is -0.337 e. The van der Waals surface area contributed by atoms with E-state index in [1.54, 1.807) is 13.8 Å². The van der Waals surface area contributed by atoms with E-state index in [0.29, 0.717) is 0 Å². The Kier molecular flexibility index (Phi) is 4.92. The van der Waals surface area contributed by atoms with Crippen LogP contribution in [-0.4, -0.2) is 21.0 Å². The zero-order chi connectivity index (χ0) is 9.94. The number of nitrogens with two attached hydrogens (primary N) is 1. The van der Waals surface area contributed by atoms with Gasteiger partial charge in [0.2, 0.25) is 0 Å². The molecule has 74 valence electrons. The predicted octanol–water partition coefficient (Wildman–Crippen LogP) is 1.78. The Morgan fingerprint density at radius 3 is 2.08 bits per heavy atom. The lowest BCUT2D eigenvalue weighted by Crippen LogP contribution is -2.43. The van der Waals surface area contributed by atoms with Crippen molar-refractivity contribution < 1.29 is 9.52 Å². The van der Waals surface area contributed by atoms with Crippen molar-refractivity contribution in [2.24, 2.45) is 5.50 Å². The Hall–Kier alpha value is 0.560. The molecule has 12 heavy (non-hydrogen) atoms. The average Bonchev–Trinajstić information content (AvgIpc) is 1.79. The van der Waals surface area contributed by atoms with E-state index in [9.17, 15) is 0 Å². The maximum atomic E-state index is 8.86. The van der Waals surface area contributed by atoms with Crippen LogP contribution in [0.3, 0.4) is 0 Å². The zero-order valence-electron chi connectivity index (χ0n) is 7.78. The highest BCUT2D eigenvalue weighted by Gasteiger charge is 2.29. The average molecular weight is 215 g/mol. The highest BCUT2D eigenvalue weighted by Crippen LogP contribution is 2.31. The summed E-state index contributed by atoms with van der Waals surface area (Å²) in [5.41, 5.74) is 5.13. The van der Waals surface area contributed by atoms with E-state index in [1.807, 2.05) is 13.8 Å². The SMILES string of the molecule is CC(C)N(OP(N)O)C(C)(C)Cl. The van der Waals surface area contributed by atoms with Crippen molar-refractivity contribution in [3.05, 3.63) is 0 Å². The Morgan fingerprint density at radius 2 is 2.00 bits per heavy atom. The molecule has 0 aromatic heterocycles. The van der Waals surface area contributed by atoms with Gasteiger partial charge in [0.15, 0.2) is 0 Å². The van der Waals surface area contributed by atoms with Gasteiger partial charge in [-0.3, -0.25) is 5.50 Å². The molecule has 0 heterocycles. The van der Waals surface area contributed by atoms with Crippen LogP contribution < -0.4 is 5.50 Å². The van der Waals surface area contributed by atoms with Gasteiger partial charge in [-0.1, -0.05) is 0 Å². The number of hydrogen-bond donors (Lipinski definition) is 2. The van der Waals surface area contributed by atoms with Gasteiger partial charge in [-0.05, 0) is 27.7 Å². The maximum absolute atomic E-state index is 8.86. The van der Waals surface area contributed by atoms with Crippen molar-refractivity contribution in [2.75, 3.05) is 0 Å². The van der Waals surface area contributed by atoms with Gasteiger partial charge < -0.3 is 4.89 Å². The van der Waals surface area contributed by atoms with Crippen LogP contribution in [-0.2, 0) is 4.62 Å². The summed E-state index contributed by atoms with van der Waals surface area (Å²) in [6.45, 7) is 7.35. The molecule has 4 nitrogen and oxygen atoms in total. The van der Waals surface area contributed by atoms with Gasteiger partial charge in [-0.2, -0.15) is 5.06 Å². The van der Waals surface area contributed by atoms with E-state index >= 15 is 0 Å². The Labute approximate surface area is 79.6 Å². The third kappa shape index (κ3) is 4.55. The molecule has 1 atom stereocenters. The minimum atomic E-state index is -1.90. The van der Waals surface area contributed by atoms with Crippen molar-refractivity contribution in [3.63, 3.8) is 0 Å². The molecule has 0 saturated carbocycles. The van der Waals surface area contributed by atoms with Crippen molar-refractivity contribution in [1.82, 2.24) is 5.06 Å². The van der Waals surface area contributed by atoms with Crippen molar-refractivity contribution >= 4 is 20.1 Å². The molecule has 0 amide bonds. The van der Waals surface area contributed by atoms with E-state index < -0.39 is 13.5 Å². The molecule has 3 N–H and O–H groups in total. The van der Waals surface area contributed by atoms with E-state index in [-0.39, 0.29) is 6.04 Å². The van der Waals surface area contributed by atoms with Gasteiger partial charge in [0.05, 0.1) is 0 Å². The molecule has 0 radical (unpaired) electrons. The standard InChI is InChI=1S/C6H16ClN2O2P/c1-5(2)9(6(3,4)7)11-12(8)10/h5,10H,8H2,1-4H3. The molecule has 0 aliphatic carbocycles. The predicted molar refractivity (Wildman–Crippen MR) is 51.3 cm³/mol. The molecule has 0 rings (SSSR count). The molecular formula is C6H16ClN2O2P. The van der Waals surface area contributed by atoms with Gasteiger partial charge in [0, 0.05) is 6.04 Å². The van der Waals surface area contributed by atoms with E-state index in [4.69, 9.17) is 26.6 Å². The molecule has 1 unspecified atom stereocenters. The maximum Gasteiger partial charge on any atom is 0.268 e. The van der Waals surface area contributed by atoms with E-state index in [0.717, 1.165) is 0 Å². The van der Waals surface area contributed by atoms with Gasteiger partial charge >= 0.3 is 0 Å². The monoisotopic (exact) mass is 214 g/mol. The summed E-state index contributed by atoms with van der Waals surface area (Å²) in [7, 11) is -1.90. The fourth-order valence-electron chi connectivity index (χ4n) is 0.895. The first-order valence-corrected chi connectivity index (χ1v) is 5.31. The quantitative estimate of drug-likeness (QED) is 0.324. The largest absolute Gasteiger partial charge is 0.337 e. The summed E-state index contributed by atoms with van der Waals surface area (Å²) >= 11 is 5.98. The zero-order valence-corrected chi connectivity index (χ0v) is 9.43.